The molecule has 1 saturated carbocycles. The van der Waals surface area contributed by atoms with Gasteiger partial charge in [0.25, 0.3) is 0 Å². The summed E-state index contributed by atoms with van der Waals surface area (Å²) in [6.07, 6.45) is 7.17. The summed E-state index contributed by atoms with van der Waals surface area (Å²) in [5.74, 6) is 0.412. The average Bonchev–Trinajstić information content (AvgIpc) is 2.79. The molecule has 1 aliphatic heterocycles. The lowest BCUT2D eigenvalue weighted by Gasteiger charge is -2.34. The number of amides is 1. The van der Waals surface area contributed by atoms with Gasteiger partial charge < -0.3 is 4.90 Å². The number of nitrogens with zero attached hydrogens (tertiary/aromatic N) is 1. The number of rotatable bonds is 3. The van der Waals surface area contributed by atoms with Crippen LogP contribution in [0.3, 0.4) is 0 Å². The van der Waals surface area contributed by atoms with Crippen LogP contribution in [-0.2, 0) is 14.8 Å². The molecule has 1 unspecified atom stereocenters. The molecule has 0 aromatic rings. The van der Waals surface area contributed by atoms with Crippen LogP contribution in [0.2, 0.25) is 0 Å². The van der Waals surface area contributed by atoms with Crippen LogP contribution in [0.25, 0.3) is 0 Å². The number of sulfonamides is 1. The van der Waals surface area contributed by atoms with Crippen molar-refractivity contribution < 1.29 is 13.2 Å². The average molecular weight is 274 g/mol. The second-order valence-corrected chi connectivity index (χ2v) is 7.27. The van der Waals surface area contributed by atoms with Crippen molar-refractivity contribution in [1.29, 1.82) is 0 Å². The number of hydrogen-bond donors (Lipinski definition) is 1. The Balaban J connectivity index is 1.91. The molecular weight excluding hydrogens is 252 g/mol. The lowest BCUT2D eigenvalue weighted by molar-refractivity contribution is -0.136. The number of nitrogens with one attached hydrogen (secondary N) is 1. The van der Waals surface area contributed by atoms with Crippen molar-refractivity contribution in [2.24, 2.45) is 5.92 Å². The van der Waals surface area contributed by atoms with E-state index in [9.17, 15) is 13.2 Å². The van der Waals surface area contributed by atoms with E-state index in [1.165, 1.54) is 6.26 Å². The molecule has 0 aromatic heterocycles. The van der Waals surface area contributed by atoms with Crippen LogP contribution >= 0.6 is 0 Å². The zero-order valence-electron chi connectivity index (χ0n) is 10.9. The molecule has 1 N–H and O–H groups in total. The van der Waals surface area contributed by atoms with Crippen molar-refractivity contribution in [3.8, 4) is 0 Å². The highest BCUT2D eigenvalue weighted by Crippen LogP contribution is 2.27. The third kappa shape index (κ3) is 3.68. The predicted molar refractivity (Wildman–Crippen MR) is 69.5 cm³/mol. The summed E-state index contributed by atoms with van der Waals surface area (Å²) < 4.78 is 25.0. The molecule has 0 aromatic carbocycles. The lowest BCUT2D eigenvalue weighted by Crippen LogP contribution is -2.50. The maximum Gasteiger partial charge on any atom is 0.225 e. The van der Waals surface area contributed by atoms with Crippen LogP contribution in [0.15, 0.2) is 0 Å². The van der Waals surface area contributed by atoms with Crippen LogP contribution in [0, 0.1) is 5.92 Å². The summed E-state index contributed by atoms with van der Waals surface area (Å²) in [5.41, 5.74) is 0. The van der Waals surface area contributed by atoms with Crippen LogP contribution < -0.4 is 4.72 Å². The second-order valence-electron chi connectivity index (χ2n) is 5.49. The lowest BCUT2D eigenvalue weighted by atomic mass is 10.0. The Morgan fingerprint density at radius 2 is 1.83 bits per heavy atom. The van der Waals surface area contributed by atoms with Gasteiger partial charge in [-0.25, -0.2) is 13.1 Å². The Morgan fingerprint density at radius 1 is 1.17 bits per heavy atom. The van der Waals surface area contributed by atoms with Gasteiger partial charge in [0.1, 0.15) is 0 Å². The minimum atomic E-state index is -3.18. The van der Waals surface area contributed by atoms with Crippen molar-refractivity contribution >= 4 is 15.9 Å². The first-order chi connectivity index (χ1) is 8.46. The second kappa shape index (κ2) is 5.57. The molecular formula is C12H22N2O3S. The molecule has 2 fully saturated rings. The van der Waals surface area contributed by atoms with Crippen molar-refractivity contribution in [2.45, 2.75) is 44.6 Å². The zero-order valence-corrected chi connectivity index (χ0v) is 11.7. The Kier molecular flexibility index (Phi) is 4.27. The first-order valence-electron chi connectivity index (χ1n) is 6.72. The Labute approximate surface area is 109 Å². The Bertz CT molecular complexity index is 402. The SMILES string of the molecule is CS(=O)(=O)NC1CCCN(C(=O)C2CCCC2)C1. The van der Waals surface area contributed by atoms with E-state index in [1.807, 2.05) is 4.90 Å². The summed E-state index contributed by atoms with van der Waals surface area (Å²) in [4.78, 5) is 14.1. The van der Waals surface area contributed by atoms with Crippen LogP contribution in [0.1, 0.15) is 38.5 Å². The first kappa shape index (κ1) is 13.8. The van der Waals surface area contributed by atoms with Gasteiger partial charge in [0.2, 0.25) is 15.9 Å². The molecule has 0 radical (unpaired) electrons. The van der Waals surface area contributed by atoms with E-state index >= 15 is 0 Å². The molecule has 0 bridgehead atoms. The summed E-state index contributed by atoms with van der Waals surface area (Å²) in [6, 6.07) is -0.112. The molecule has 1 saturated heterocycles. The molecule has 104 valence electrons. The molecule has 0 spiro atoms. The van der Waals surface area contributed by atoms with E-state index in [1.54, 1.807) is 0 Å². The molecule has 6 heteroatoms. The summed E-state index contributed by atoms with van der Waals surface area (Å²) in [7, 11) is -3.18. The minimum absolute atomic E-state index is 0.112. The van der Waals surface area contributed by atoms with Gasteiger partial charge in [-0.2, -0.15) is 0 Å². The van der Waals surface area contributed by atoms with Gasteiger partial charge in [-0.3, -0.25) is 4.79 Å². The molecule has 5 nitrogen and oxygen atoms in total. The van der Waals surface area contributed by atoms with Gasteiger partial charge in [-0.05, 0) is 25.7 Å². The van der Waals surface area contributed by atoms with Crippen LogP contribution in [-0.4, -0.2) is 44.6 Å². The molecule has 18 heavy (non-hydrogen) atoms. The van der Waals surface area contributed by atoms with E-state index in [-0.39, 0.29) is 17.9 Å². The maximum absolute atomic E-state index is 12.3. The molecule has 1 heterocycles. The van der Waals surface area contributed by atoms with E-state index < -0.39 is 10.0 Å². The summed E-state index contributed by atoms with van der Waals surface area (Å²) in [5, 5.41) is 0. The fraction of sp³-hybridized carbons (Fsp3) is 0.917. The monoisotopic (exact) mass is 274 g/mol. The highest BCUT2D eigenvalue weighted by molar-refractivity contribution is 7.88. The van der Waals surface area contributed by atoms with Crippen molar-refractivity contribution in [1.82, 2.24) is 9.62 Å². The van der Waals surface area contributed by atoms with E-state index in [4.69, 9.17) is 0 Å². The van der Waals surface area contributed by atoms with E-state index in [0.29, 0.717) is 6.54 Å². The Hall–Kier alpha value is -0.620. The maximum atomic E-state index is 12.3. The number of hydrogen-bond acceptors (Lipinski definition) is 3. The first-order valence-corrected chi connectivity index (χ1v) is 8.61. The van der Waals surface area contributed by atoms with Gasteiger partial charge in [-0.1, -0.05) is 12.8 Å². The van der Waals surface area contributed by atoms with Crippen LogP contribution in [0.4, 0.5) is 0 Å². The van der Waals surface area contributed by atoms with Gasteiger partial charge in [0.15, 0.2) is 0 Å². The fourth-order valence-electron chi connectivity index (χ4n) is 3.01. The number of carbonyl (C=O) groups excluding carboxylic acids is 1. The van der Waals surface area contributed by atoms with Gasteiger partial charge >= 0.3 is 0 Å². The molecule has 1 atom stereocenters. The van der Waals surface area contributed by atoms with Crippen molar-refractivity contribution in [3.05, 3.63) is 0 Å². The number of carbonyl (C=O) groups is 1. The standard InChI is InChI=1S/C12H22N2O3S/c1-18(16,17)13-11-7-4-8-14(9-11)12(15)10-5-2-3-6-10/h10-11,13H,2-9H2,1H3. The highest BCUT2D eigenvalue weighted by atomic mass is 32.2. The normalized spacial score (nSPS) is 26.5. The van der Waals surface area contributed by atoms with Crippen molar-refractivity contribution in [2.75, 3.05) is 19.3 Å². The third-order valence-corrected chi connectivity index (χ3v) is 4.58. The zero-order chi connectivity index (χ0) is 13.2. The van der Waals surface area contributed by atoms with Crippen LogP contribution in [0.5, 0.6) is 0 Å². The van der Waals surface area contributed by atoms with Gasteiger partial charge in [-0.15, -0.1) is 0 Å². The third-order valence-electron chi connectivity index (χ3n) is 3.82. The minimum Gasteiger partial charge on any atom is -0.341 e. The van der Waals surface area contributed by atoms with E-state index in [0.717, 1.165) is 45.1 Å². The molecule has 2 aliphatic rings. The largest absolute Gasteiger partial charge is 0.341 e. The van der Waals surface area contributed by atoms with Gasteiger partial charge in [0.05, 0.1) is 6.26 Å². The molecule has 1 amide bonds. The number of piperidine rings is 1. The van der Waals surface area contributed by atoms with Gasteiger partial charge in [0, 0.05) is 25.0 Å². The summed E-state index contributed by atoms with van der Waals surface area (Å²) >= 11 is 0. The predicted octanol–water partition coefficient (Wildman–Crippen LogP) is 0.717. The fourth-order valence-corrected chi connectivity index (χ4v) is 3.81. The highest BCUT2D eigenvalue weighted by Gasteiger charge is 2.31. The quantitative estimate of drug-likeness (QED) is 0.824. The molecule has 2 rings (SSSR count). The smallest absolute Gasteiger partial charge is 0.225 e. The Morgan fingerprint density at radius 3 is 2.44 bits per heavy atom. The van der Waals surface area contributed by atoms with Crippen molar-refractivity contribution in [3.63, 3.8) is 0 Å². The van der Waals surface area contributed by atoms with E-state index in [2.05, 4.69) is 4.72 Å². The summed E-state index contributed by atoms with van der Waals surface area (Å²) in [6.45, 7) is 1.31. The molecule has 1 aliphatic carbocycles. The number of likely N-dealkylation sites (tertiary alicyclic amines) is 1. The topological polar surface area (TPSA) is 66.5 Å².